The fraction of sp³-hybridized carbons (Fsp3) is 0.900. The van der Waals surface area contributed by atoms with Crippen LogP contribution < -0.4 is 5.84 Å². The van der Waals surface area contributed by atoms with Crippen molar-refractivity contribution in [2.75, 3.05) is 6.61 Å². The highest BCUT2D eigenvalue weighted by atomic mass is 16.6. The van der Waals surface area contributed by atoms with E-state index in [0.29, 0.717) is 6.61 Å². The lowest BCUT2D eigenvalue weighted by Gasteiger charge is -2.28. The summed E-state index contributed by atoms with van der Waals surface area (Å²) < 4.78 is 10.8. The molecule has 154 valence electrons. The fourth-order valence-corrected chi connectivity index (χ4v) is 4.07. The lowest BCUT2D eigenvalue weighted by atomic mass is 9.97. The number of hydrazine groups is 1. The molecule has 1 saturated carbocycles. The van der Waals surface area contributed by atoms with Gasteiger partial charge in [-0.1, -0.05) is 57.8 Å². The van der Waals surface area contributed by atoms with Crippen molar-refractivity contribution in [2.45, 2.75) is 108 Å². The quantitative estimate of drug-likeness (QED) is 0.260. The van der Waals surface area contributed by atoms with Crippen LogP contribution in [0, 0.1) is 0 Å². The minimum absolute atomic E-state index is 0.0874. The molecular formula is C20H37BN2O4. The third kappa shape index (κ3) is 8.65. The monoisotopic (exact) mass is 380 g/mol. The zero-order valence-electron chi connectivity index (χ0n) is 17.0. The lowest BCUT2D eigenvalue weighted by molar-refractivity contribution is -0.151. The maximum Gasteiger partial charge on any atom is 0.306 e. The molecule has 1 saturated heterocycles. The van der Waals surface area contributed by atoms with Gasteiger partial charge in [-0.2, -0.15) is 0 Å². The van der Waals surface area contributed by atoms with Gasteiger partial charge in [0.25, 0.3) is 0 Å². The third-order valence-corrected chi connectivity index (χ3v) is 5.76. The van der Waals surface area contributed by atoms with Crippen LogP contribution in [-0.4, -0.2) is 49.5 Å². The Labute approximate surface area is 164 Å². The van der Waals surface area contributed by atoms with Gasteiger partial charge in [0.2, 0.25) is 5.91 Å². The second-order valence-corrected chi connectivity index (χ2v) is 8.21. The first kappa shape index (κ1) is 22.2. The van der Waals surface area contributed by atoms with Gasteiger partial charge in [-0.3, -0.25) is 14.6 Å². The van der Waals surface area contributed by atoms with Crippen molar-refractivity contribution < 1.29 is 19.1 Å². The van der Waals surface area contributed by atoms with E-state index in [-0.39, 0.29) is 42.9 Å². The maximum atomic E-state index is 12.5. The van der Waals surface area contributed by atoms with Crippen molar-refractivity contribution in [1.29, 1.82) is 0 Å². The molecule has 0 bridgehead atoms. The lowest BCUT2D eigenvalue weighted by Crippen LogP contribution is -2.45. The van der Waals surface area contributed by atoms with E-state index in [1.807, 2.05) is 7.85 Å². The summed E-state index contributed by atoms with van der Waals surface area (Å²) in [5, 5.41) is 1.40. The average molecular weight is 380 g/mol. The molecule has 6 nitrogen and oxygen atoms in total. The van der Waals surface area contributed by atoms with E-state index in [1.54, 1.807) is 0 Å². The summed E-state index contributed by atoms with van der Waals surface area (Å²) in [6.45, 7) is 0.450. The molecule has 7 heteroatoms. The van der Waals surface area contributed by atoms with E-state index >= 15 is 0 Å². The van der Waals surface area contributed by atoms with E-state index < -0.39 is 0 Å². The first-order valence-corrected chi connectivity index (χ1v) is 10.9. The number of rotatable bonds is 5. The summed E-state index contributed by atoms with van der Waals surface area (Å²) in [6.07, 6.45) is 13.9. The van der Waals surface area contributed by atoms with Crippen LogP contribution in [-0.2, 0) is 19.1 Å². The molecule has 0 aromatic rings. The van der Waals surface area contributed by atoms with Gasteiger partial charge in [-0.25, -0.2) is 5.84 Å². The highest BCUT2D eigenvalue weighted by molar-refractivity contribution is 6.11. The van der Waals surface area contributed by atoms with Crippen LogP contribution in [0.3, 0.4) is 0 Å². The summed E-state index contributed by atoms with van der Waals surface area (Å²) in [5.41, 5.74) is 0. The number of ether oxygens (including phenoxy) is 2. The minimum atomic E-state index is -0.335. The molecule has 1 aliphatic carbocycles. The molecular weight excluding hydrogens is 343 g/mol. The molecule has 1 amide bonds. The molecule has 0 spiro atoms. The van der Waals surface area contributed by atoms with Crippen LogP contribution in [0.25, 0.3) is 0 Å². The van der Waals surface area contributed by atoms with Crippen LogP contribution >= 0.6 is 0 Å². The van der Waals surface area contributed by atoms with Gasteiger partial charge in [0.15, 0.2) is 0 Å². The van der Waals surface area contributed by atoms with Crippen LogP contribution in [0.4, 0.5) is 0 Å². The Bertz CT molecular complexity index is 451. The van der Waals surface area contributed by atoms with Gasteiger partial charge < -0.3 is 9.47 Å². The Morgan fingerprint density at radius 1 is 0.963 bits per heavy atom. The zero-order valence-corrected chi connectivity index (χ0v) is 17.0. The predicted octanol–water partition coefficient (Wildman–Crippen LogP) is 2.43. The molecule has 0 aromatic heterocycles. The van der Waals surface area contributed by atoms with Gasteiger partial charge in [0.05, 0.1) is 13.0 Å². The first-order chi connectivity index (χ1) is 13.1. The van der Waals surface area contributed by atoms with Gasteiger partial charge in [0, 0.05) is 24.9 Å². The molecule has 27 heavy (non-hydrogen) atoms. The molecule has 2 aliphatic rings. The van der Waals surface area contributed by atoms with Crippen molar-refractivity contribution in [1.82, 2.24) is 5.01 Å². The minimum Gasteiger partial charge on any atom is -0.460 e. The Morgan fingerprint density at radius 3 is 2.04 bits per heavy atom. The molecule has 2 atom stereocenters. The number of hydrogen-bond acceptors (Lipinski definition) is 5. The van der Waals surface area contributed by atoms with E-state index in [0.717, 1.165) is 32.1 Å². The van der Waals surface area contributed by atoms with Gasteiger partial charge in [0.1, 0.15) is 14.0 Å². The summed E-state index contributed by atoms with van der Waals surface area (Å²) >= 11 is 0. The van der Waals surface area contributed by atoms with E-state index in [1.165, 1.54) is 50.0 Å². The van der Waals surface area contributed by atoms with Crippen molar-refractivity contribution >= 4 is 19.7 Å². The number of carbonyl (C=O) groups is 2. The molecule has 0 radical (unpaired) electrons. The van der Waals surface area contributed by atoms with Gasteiger partial charge in [-0.05, 0) is 12.8 Å². The maximum absolute atomic E-state index is 12.5. The summed E-state index contributed by atoms with van der Waals surface area (Å²) in [4.78, 5) is 24.5. The Balaban J connectivity index is 1.72. The van der Waals surface area contributed by atoms with Gasteiger partial charge in [-0.15, -0.1) is 0 Å². The van der Waals surface area contributed by atoms with Crippen molar-refractivity contribution in [2.24, 2.45) is 5.84 Å². The van der Waals surface area contributed by atoms with Crippen molar-refractivity contribution in [3.8, 4) is 0 Å². The topological polar surface area (TPSA) is 81.9 Å². The molecule has 0 aromatic carbocycles. The second-order valence-electron chi connectivity index (χ2n) is 8.21. The van der Waals surface area contributed by atoms with Gasteiger partial charge >= 0.3 is 5.97 Å². The summed E-state index contributed by atoms with van der Waals surface area (Å²) in [7, 11) is 1.96. The number of nitrogens with two attached hydrogens (primary N) is 1. The fourth-order valence-electron chi connectivity index (χ4n) is 4.07. The highest BCUT2D eigenvalue weighted by Crippen LogP contribution is 2.20. The predicted molar refractivity (Wildman–Crippen MR) is 108 cm³/mol. The van der Waals surface area contributed by atoms with Crippen LogP contribution in [0.15, 0.2) is 0 Å². The SMILES string of the molecule is B[C@H]1CC(OC(=O)CCC(=O)N(N)C2CCCCCCCCCCC2)CO1. The largest absolute Gasteiger partial charge is 0.460 e. The molecule has 2 N–H and O–H groups in total. The number of esters is 1. The van der Waals surface area contributed by atoms with E-state index in [4.69, 9.17) is 15.3 Å². The highest BCUT2D eigenvalue weighted by Gasteiger charge is 2.26. The van der Waals surface area contributed by atoms with Crippen molar-refractivity contribution in [3.05, 3.63) is 0 Å². The number of carbonyl (C=O) groups excluding carboxylic acids is 2. The first-order valence-electron chi connectivity index (χ1n) is 10.9. The molecule has 1 heterocycles. The summed E-state index contributed by atoms with van der Waals surface area (Å²) in [6, 6.07) is 0.224. The van der Waals surface area contributed by atoms with Crippen molar-refractivity contribution in [3.63, 3.8) is 0 Å². The molecule has 1 unspecified atom stereocenters. The average Bonchev–Trinajstić information content (AvgIpc) is 3.04. The summed E-state index contributed by atoms with van der Waals surface area (Å²) in [5.74, 6) is 5.66. The zero-order chi connectivity index (χ0) is 19.5. The Hall–Kier alpha value is -1.08. The molecule has 1 aliphatic heterocycles. The number of amides is 1. The number of nitrogens with zero attached hydrogens (tertiary/aromatic N) is 1. The Morgan fingerprint density at radius 2 is 1.52 bits per heavy atom. The normalized spacial score (nSPS) is 26.0. The standard InChI is InChI=1S/C20H37BN2O4/c21-18-14-17(15-26-18)27-20(25)13-12-19(24)23(22)16-10-8-6-4-2-1-3-5-7-9-11-16/h16-18H,1-15,21-22H2/t17?,18-/m1/s1. The van der Waals surface area contributed by atoms with Crippen LogP contribution in [0.1, 0.15) is 89.9 Å². The third-order valence-electron chi connectivity index (χ3n) is 5.76. The Kier molecular flexibility index (Phi) is 10.2. The van der Waals surface area contributed by atoms with E-state index in [2.05, 4.69) is 0 Å². The number of hydrogen-bond donors (Lipinski definition) is 1. The molecule has 2 fully saturated rings. The molecule has 2 rings (SSSR count). The second kappa shape index (κ2) is 12.4. The smallest absolute Gasteiger partial charge is 0.306 e. The van der Waals surface area contributed by atoms with E-state index in [9.17, 15) is 9.59 Å². The van der Waals surface area contributed by atoms with Crippen LogP contribution in [0.5, 0.6) is 0 Å². The van der Waals surface area contributed by atoms with Crippen LogP contribution in [0.2, 0.25) is 0 Å².